The third-order valence-electron chi connectivity index (χ3n) is 2.52. The van der Waals surface area contributed by atoms with E-state index in [0.29, 0.717) is 27.2 Å². The van der Waals surface area contributed by atoms with Gasteiger partial charge in [0.25, 0.3) is 0 Å². The van der Waals surface area contributed by atoms with Crippen molar-refractivity contribution < 1.29 is 0 Å². The number of rotatable bonds is 3. The van der Waals surface area contributed by atoms with Crippen molar-refractivity contribution in [3.05, 3.63) is 46.1 Å². The smallest absolute Gasteiger partial charge is 0.190 e. The third-order valence-corrected chi connectivity index (χ3v) is 3.79. The molecule has 19 heavy (non-hydrogen) atoms. The molecule has 1 heterocycles. The van der Waals surface area contributed by atoms with E-state index in [2.05, 4.69) is 9.97 Å². The Morgan fingerprint density at radius 2 is 2.11 bits per heavy atom. The highest BCUT2D eigenvalue weighted by molar-refractivity contribution is 7.98. The second kappa shape index (κ2) is 5.91. The average Bonchev–Trinajstić information content (AvgIpc) is 2.37. The molecule has 0 spiro atoms. The molecule has 0 unspecified atom stereocenters. The zero-order chi connectivity index (χ0) is 13.8. The van der Waals surface area contributed by atoms with Crippen molar-refractivity contribution in [1.29, 1.82) is 5.26 Å². The maximum absolute atomic E-state index is 8.90. The zero-order valence-electron chi connectivity index (χ0n) is 10.2. The van der Waals surface area contributed by atoms with Gasteiger partial charge in [0, 0.05) is 10.8 Å². The van der Waals surface area contributed by atoms with Gasteiger partial charge in [0.15, 0.2) is 5.16 Å². The van der Waals surface area contributed by atoms with Crippen molar-refractivity contribution in [1.82, 2.24) is 9.97 Å². The molecule has 0 aliphatic heterocycles. The van der Waals surface area contributed by atoms with Crippen molar-refractivity contribution in [2.24, 2.45) is 0 Å². The van der Waals surface area contributed by atoms with E-state index in [0.717, 1.165) is 5.56 Å². The Morgan fingerprint density at radius 3 is 2.74 bits per heavy atom. The number of anilines is 1. The molecule has 6 heteroatoms. The van der Waals surface area contributed by atoms with Gasteiger partial charge in [-0.3, -0.25) is 0 Å². The van der Waals surface area contributed by atoms with Crippen LogP contribution in [0.25, 0.3) is 0 Å². The van der Waals surface area contributed by atoms with Gasteiger partial charge < -0.3 is 5.73 Å². The Kier molecular flexibility index (Phi) is 4.25. The summed E-state index contributed by atoms with van der Waals surface area (Å²) in [6.07, 6.45) is 0. The maximum atomic E-state index is 8.90. The van der Waals surface area contributed by atoms with Crippen molar-refractivity contribution in [3.8, 4) is 6.07 Å². The predicted octanol–water partition coefficient (Wildman–Crippen LogP) is 3.18. The monoisotopic (exact) mass is 290 g/mol. The Bertz CT molecular complexity index is 628. The standard InChI is InChI=1S/C13H11ClN4S/c1-8-10(6-15)12(16)18-13(17-8)19-7-9-4-2-3-5-11(9)14/h2-5H,7H2,1H3,(H2,16,17,18). The topological polar surface area (TPSA) is 75.6 Å². The first-order chi connectivity index (χ1) is 9.11. The molecule has 0 amide bonds. The van der Waals surface area contributed by atoms with E-state index in [-0.39, 0.29) is 5.82 Å². The third kappa shape index (κ3) is 3.16. The van der Waals surface area contributed by atoms with Crippen LogP contribution in [0.1, 0.15) is 16.8 Å². The van der Waals surface area contributed by atoms with E-state index in [9.17, 15) is 0 Å². The molecule has 96 valence electrons. The van der Waals surface area contributed by atoms with Crippen LogP contribution < -0.4 is 5.73 Å². The minimum atomic E-state index is 0.219. The Hall–Kier alpha value is -1.77. The second-order valence-corrected chi connectivity index (χ2v) is 5.19. The predicted molar refractivity (Wildman–Crippen MR) is 76.9 cm³/mol. The number of nitrogens with two attached hydrogens (primary N) is 1. The largest absolute Gasteiger partial charge is 0.382 e. The summed E-state index contributed by atoms with van der Waals surface area (Å²) >= 11 is 7.52. The summed E-state index contributed by atoms with van der Waals surface area (Å²) in [5, 5.41) is 10.2. The molecule has 0 saturated heterocycles. The highest BCUT2D eigenvalue weighted by atomic mass is 35.5. The van der Waals surface area contributed by atoms with Gasteiger partial charge in [0.05, 0.1) is 5.69 Å². The average molecular weight is 291 g/mol. The molecule has 0 atom stereocenters. The van der Waals surface area contributed by atoms with Crippen LogP contribution in [0, 0.1) is 18.3 Å². The summed E-state index contributed by atoms with van der Waals surface area (Å²) < 4.78 is 0. The van der Waals surface area contributed by atoms with Crippen LogP contribution in [0.3, 0.4) is 0 Å². The highest BCUT2D eigenvalue weighted by Crippen LogP contribution is 2.25. The van der Waals surface area contributed by atoms with Gasteiger partial charge in [-0.05, 0) is 18.6 Å². The van der Waals surface area contributed by atoms with Crippen LogP contribution in [0.5, 0.6) is 0 Å². The van der Waals surface area contributed by atoms with Gasteiger partial charge in [-0.1, -0.05) is 41.6 Å². The Morgan fingerprint density at radius 1 is 1.37 bits per heavy atom. The molecule has 0 fully saturated rings. The van der Waals surface area contributed by atoms with Gasteiger partial charge in [-0.15, -0.1) is 0 Å². The summed E-state index contributed by atoms with van der Waals surface area (Å²) in [7, 11) is 0. The number of hydrogen-bond donors (Lipinski definition) is 1. The summed E-state index contributed by atoms with van der Waals surface area (Å²) in [6.45, 7) is 1.75. The fourth-order valence-corrected chi connectivity index (χ4v) is 2.71. The van der Waals surface area contributed by atoms with Crippen LogP contribution in [0.15, 0.2) is 29.4 Å². The van der Waals surface area contributed by atoms with E-state index >= 15 is 0 Å². The summed E-state index contributed by atoms with van der Waals surface area (Å²) in [4.78, 5) is 8.37. The number of hydrogen-bond acceptors (Lipinski definition) is 5. The number of aryl methyl sites for hydroxylation is 1. The molecule has 0 saturated carbocycles. The van der Waals surface area contributed by atoms with E-state index in [4.69, 9.17) is 22.6 Å². The summed E-state index contributed by atoms with van der Waals surface area (Å²) in [6, 6.07) is 9.61. The van der Waals surface area contributed by atoms with Crippen molar-refractivity contribution in [2.75, 3.05) is 5.73 Å². The molecule has 0 radical (unpaired) electrons. The fourth-order valence-electron chi connectivity index (χ4n) is 1.53. The first-order valence-corrected chi connectivity index (χ1v) is 6.88. The minimum Gasteiger partial charge on any atom is -0.382 e. The van der Waals surface area contributed by atoms with E-state index in [1.54, 1.807) is 6.92 Å². The number of benzene rings is 1. The SMILES string of the molecule is Cc1nc(SCc2ccccc2Cl)nc(N)c1C#N. The maximum Gasteiger partial charge on any atom is 0.190 e. The molecule has 0 bridgehead atoms. The van der Waals surface area contributed by atoms with Crippen LogP contribution in [0.4, 0.5) is 5.82 Å². The first-order valence-electron chi connectivity index (χ1n) is 5.52. The number of nitrogen functional groups attached to an aromatic ring is 1. The van der Waals surface area contributed by atoms with Gasteiger partial charge >= 0.3 is 0 Å². The molecule has 0 aliphatic rings. The van der Waals surface area contributed by atoms with Crippen molar-refractivity contribution in [3.63, 3.8) is 0 Å². The van der Waals surface area contributed by atoms with Crippen LogP contribution in [0.2, 0.25) is 5.02 Å². The number of aromatic nitrogens is 2. The van der Waals surface area contributed by atoms with Gasteiger partial charge in [-0.25, -0.2) is 9.97 Å². The molecule has 2 rings (SSSR count). The van der Waals surface area contributed by atoms with Crippen LogP contribution >= 0.6 is 23.4 Å². The van der Waals surface area contributed by atoms with Gasteiger partial charge in [0.2, 0.25) is 0 Å². The van der Waals surface area contributed by atoms with E-state index < -0.39 is 0 Å². The number of halogens is 1. The van der Waals surface area contributed by atoms with Crippen molar-refractivity contribution >= 4 is 29.2 Å². The zero-order valence-corrected chi connectivity index (χ0v) is 11.8. The fraction of sp³-hybridized carbons (Fsp3) is 0.154. The minimum absolute atomic E-state index is 0.219. The summed E-state index contributed by atoms with van der Waals surface area (Å²) in [5.74, 6) is 0.876. The molecule has 1 aromatic carbocycles. The number of nitrogens with zero attached hydrogens (tertiary/aromatic N) is 3. The number of nitriles is 1. The highest BCUT2D eigenvalue weighted by Gasteiger charge is 2.09. The summed E-state index contributed by atoms with van der Waals surface area (Å²) in [5.41, 5.74) is 7.66. The lowest BCUT2D eigenvalue weighted by molar-refractivity contribution is 0.932. The second-order valence-electron chi connectivity index (χ2n) is 3.84. The Balaban J connectivity index is 2.17. The molecular formula is C13H11ClN4S. The normalized spacial score (nSPS) is 10.2. The lowest BCUT2D eigenvalue weighted by Gasteiger charge is -2.06. The quantitative estimate of drug-likeness (QED) is 0.694. The van der Waals surface area contributed by atoms with Crippen molar-refractivity contribution in [2.45, 2.75) is 17.8 Å². The van der Waals surface area contributed by atoms with E-state index in [1.165, 1.54) is 11.8 Å². The van der Waals surface area contributed by atoms with Crippen LogP contribution in [-0.4, -0.2) is 9.97 Å². The molecule has 4 nitrogen and oxygen atoms in total. The lowest BCUT2D eigenvalue weighted by Crippen LogP contribution is -2.02. The van der Waals surface area contributed by atoms with Crippen LogP contribution in [-0.2, 0) is 5.75 Å². The molecule has 0 aliphatic carbocycles. The lowest BCUT2D eigenvalue weighted by atomic mass is 10.2. The van der Waals surface area contributed by atoms with E-state index in [1.807, 2.05) is 30.3 Å². The molecular weight excluding hydrogens is 280 g/mol. The van der Waals surface area contributed by atoms with Gasteiger partial charge in [-0.2, -0.15) is 5.26 Å². The molecule has 2 aromatic rings. The first kappa shape index (κ1) is 13.7. The van der Waals surface area contributed by atoms with Gasteiger partial charge in [0.1, 0.15) is 17.5 Å². The number of thioether (sulfide) groups is 1. The molecule has 1 aromatic heterocycles. The Labute approximate surface area is 120 Å². The molecule has 2 N–H and O–H groups in total.